The highest BCUT2D eigenvalue weighted by molar-refractivity contribution is 7.48. The Kier molecular flexibility index (Phi) is 15.1. The molecule has 0 saturated carbocycles. The fourth-order valence-electron chi connectivity index (χ4n) is 6.13. The van der Waals surface area contributed by atoms with Crippen LogP contribution in [0.15, 0.2) is 47.5 Å². The minimum atomic E-state index is -3.94. The lowest BCUT2D eigenvalue weighted by atomic mass is 9.99. The van der Waals surface area contributed by atoms with Crippen LogP contribution in [0, 0.1) is 32.6 Å². The number of hydrogen-bond acceptors (Lipinski definition) is 11. The number of rotatable bonds is 17. The topological polar surface area (TPSA) is 155 Å². The molecule has 13 nitrogen and oxygen atoms in total. The number of aromatic nitrogens is 3. The maximum absolute atomic E-state index is 14.0. The molecule has 2 aromatic heterocycles. The molecule has 0 spiro atoms. The van der Waals surface area contributed by atoms with Crippen LogP contribution in [-0.2, 0) is 40.7 Å². The zero-order valence-corrected chi connectivity index (χ0v) is 37.6. The zero-order valence-electron chi connectivity index (χ0n) is 35.1. The van der Waals surface area contributed by atoms with Gasteiger partial charge >= 0.3 is 13.9 Å². The molecule has 0 fully saturated rings. The van der Waals surface area contributed by atoms with Gasteiger partial charge in [-0.3, -0.25) is 27.9 Å². The Morgan fingerprint density at radius 2 is 1.62 bits per heavy atom. The molecule has 0 bridgehead atoms. The Hall–Kier alpha value is -3.91. The van der Waals surface area contributed by atoms with Crippen molar-refractivity contribution in [2.45, 2.75) is 107 Å². The van der Waals surface area contributed by atoms with Crippen molar-refractivity contribution in [3.8, 4) is 5.00 Å². The van der Waals surface area contributed by atoms with Gasteiger partial charge in [-0.1, -0.05) is 57.5 Å². The van der Waals surface area contributed by atoms with Gasteiger partial charge in [-0.15, -0.1) is 21.5 Å². The van der Waals surface area contributed by atoms with Crippen molar-refractivity contribution in [2.75, 3.05) is 25.1 Å². The molecule has 58 heavy (non-hydrogen) atoms. The molecule has 1 aliphatic heterocycles. The van der Waals surface area contributed by atoms with Gasteiger partial charge in [0.25, 0.3) is 0 Å². The average Bonchev–Trinajstić information content (AvgIpc) is 3.62. The molecule has 0 aliphatic carbocycles. The van der Waals surface area contributed by atoms with Gasteiger partial charge in [0.05, 0.1) is 32.0 Å². The number of aliphatic imine (C=N–C) groups is 1. The van der Waals surface area contributed by atoms with Crippen molar-refractivity contribution in [1.29, 1.82) is 0 Å². The summed E-state index contributed by atoms with van der Waals surface area (Å²) in [4.78, 5) is 32.6. The fraction of sp³-hybridized carbons (Fsp3) is 0.500. The summed E-state index contributed by atoms with van der Waals surface area (Å²) in [6.07, 6.45) is 0.624. The number of fused-ring (bicyclic) bond motifs is 3. The van der Waals surface area contributed by atoms with Crippen molar-refractivity contribution in [3.63, 3.8) is 0 Å². The number of nitrogens with one attached hydrogen (secondary N) is 2. The number of phosphoric ester groups is 1. The number of ether oxygens (including phenoxy) is 1. The van der Waals surface area contributed by atoms with E-state index in [4.69, 9.17) is 34.9 Å². The quantitative estimate of drug-likeness (QED) is 0.0780. The number of halogens is 1. The Morgan fingerprint density at radius 3 is 2.26 bits per heavy atom. The number of benzene rings is 2. The molecule has 2 N–H and O–H groups in total. The zero-order chi connectivity index (χ0) is 42.4. The third-order valence-corrected chi connectivity index (χ3v) is 11.8. The molecule has 1 aliphatic rings. The second-order valence-electron chi connectivity index (χ2n) is 16.3. The number of thiophene rings is 1. The van der Waals surface area contributed by atoms with E-state index in [0.717, 1.165) is 37.8 Å². The molecule has 314 valence electrons. The molecular formula is C42H56ClN6O7PS. The SMILES string of the molecule is Cc1sc2c(c1C)C(c1ccc(Cl)cc1)=N[C@@H](CC(=O)Nc1ccc(CCCNC(=O)OC(C)(C)C)c(COP(=O)(OCC(C)C)OCC(C)C)c1)c1nnc(C)n1-2. The van der Waals surface area contributed by atoms with Crippen LogP contribution in [0.3, 0.4) is 0 Å². The Bertz CT molecular complexity index is 2140. The monoisotopic (exact) mass is 854 g/mol. The smallest absolute Gasteiger partial charge is 0.444 e. The molecule has 0 unspecified atom stereocenters. The summed E-state index contributed by atoms with van der Waals surface area (Å²) in [7, 11) is -3.94. The first-order valence-corrected chi connectivity index (χ1v) is 22.3. The lowest BCUT2D eigenvalue weighted by Gasteiger charge is -2.21. The maximum Gasteiger partial charge on any atom is 0.475 e. The molecule has 0 saturated heterocycles. The van der Waals surface area contributed by atoms with Crippen LogP contribution in [0.1, 0.15) is 112 Å². The second-order valence-corrected chi connectivity index (χ2v) is 19.6. The van der Waals surface area contributed by atoms with Gasteiger partial charge in [-0.25, -0.2) is 9.36 Å². The van der Waals surface area contributed by atoms with E-state index in [-0.39, 0.29) is 44.0 Å². The van der Waals surface area contributed by atoms with Crippen molar-refractivity contribution in [1.82, 2.24) is 20.1 Å². The van der Waals surface area contributed by atoms with Crippen molar-refractivity contribution < 1.29 is 32.5 Å². The van der Waals surface area contributed by atoms with Crippen LogP contribution in [0.2, 0.25) is 5.02 Å². The average molecular weight is 855 g/mol. The van der Waals surface area contributed by atoms with Crippen molar-refractivity contribution >= 4 is 54.2 Å². The van der Waals surface area contributed by atoms with Crippen LogP contribution < -0.4 is 10.6 Å². The minimum Gasteiger partial charge on any atom is -0.444 e. The van der Waals surface area contributed by atoms with E-state index in [1.54, 1.807) is 17.4 Å². The Labute approximate surface area is 350 Å². The molecule has 5 rings (SSSR count). The largest absolute Gasteiger partial charge is 0.475 e. The number of nitrogens with zero attached hydrogens (tertiary/aromatic N) is 4. The summed E-state index contributed by atoms with van der Waals surface area (Å²) in [5.74, 6) is 1.18. The highest BCUT2D eigenvalue weighted by Crippen LogP contribution is 2.51. The van der Waals surface area contributed by atoms with Gasteiger partial charge < -0.3 is 15.4 Å². The van der Waals surface area contributed by atoms with Crippen LogP contribution in [0.4, 0.5) is 10.5 Å². The maximum atomic E-state index is 14.0. The number of aryl methyl sites for hydroxylation is 3. The van der Waals surface area contributed by atoms with Gasteiger partial charge in [0.15, 0.2) is 5.82 Å². The highest BCUT2D eigenvalue weighted by Gasteiger charge is 2.33. The van der Waals surface area contributed by atoms with Gasteiger partial charge in [-0.05, 0) is 107 Å². The van der Waals surface area contributed by atoms with E-state index in [1.165, 1.54) is 0 Å². The number of hydrogen-bond donors (Lipinski definition) is 2. The second kappa shape index (κ2) is 19.4. The molecule has 2 aromatic carbocycles. The van der Waals surface area contributed by atoms with Crippen molar-refractivity contribution in [2.24, 2.45) is 16.8 Å². The van der Waals surface area contributed by atoms with E-state index in [1.807, 2.05) is 96.4 Å². The summed E-state index contributed by atoms with van der Waals surface area (Å²) in [6, 6.07) is 12.4. The summed E-state index contributed by atoms with van der Waals surface area (Å²) in [5.41, 5.74) is 5.17. The van der Waals surface area contributed by atoms with E-state index >= 15 is 0 Å². The normalized spacial score (nSPS) is 14.2. The number of phosphoric acid groups is 1. The number of anilines is 1. The lowest BCUT2D eigenvalue weighted by molar-refractivity contribution is -0.116. The third kappa shape index (κ3) is 12.1. The molecule has 1 atom stereocenters. The van der Waals surface area contributed by atoms with Crippen LogP contribution >= 0.6 is 30.8 Å². The summed E-state index contributed by atoms with van der Waals surface area (Å²) in [6.45, 7) is 19.9. The predicted octanol–water partition coefficient (Wildman–Crippen LogP) is 10.3. The fourth-order valence-corrected chi connectivity index (χ4v) is 8.95. The van der Waals surface area contributed by atoms with E-state index < -0.39 is 25.6 Å². The van der Waals surface area contributed by atoms with Gasteiger partial charge in [0, 0.05) is 33.3 Å². The third-order valence-electron chi connectivity index (χ3n) is 9.03. The van der Waals surface area contributed by atoms with Crippen LogP contribution in [-0.4, -0.2) is 57.8 Å². The molecule has 2 amide bonds. The molecule has 3 heterocycles. The highest BCUT2D eigenvalue weighted by atomic mass is 35.5. The first-order chi connectivity index (χ1) is 27.3. The molecule has 16 heteroatoms. The first kappa shape index (κ1) is 45.2. The molecular weight excluding hydrogens is 799 g/mol. The van der Waals surface area contributed by atoms with Crippen LogP contribution in [0.25, 0.3) is 5.00 Å². The summed E-state index contributed by atoms with van der Waals surface area (Å²) in [5, 5.41) is 16.4. The number of amides is 2. The summed E-state index contributed by atoms with van der Waals surface area (Å²) < 4.78 is 38.6. The summed E-state index contributed by atoms with van der Waals surface area (Å²) >= 11 is 7.92. The van der Waals surface area contributed by atoms with Crippen LogP contribution in [0.5, 0.6) is 0 Å². The van der Waals surface area contributed by atoms with Crippen molar-refractivity contribution in [3.05, 3.63) is 91.8 Å². The van der Waals surface area contributed by atoms with Gasteiger partial charge in [0.2, 0.25) is 5.91 Å². The first-order valence-electron chi connectivity index (χ1n) is 19.6. The van der Waals surface area contributed by atoms with E-state index in [2.05, 4.69) is 34.7 Å². The van der Waals surface area contributed by atoms with Gasteiger partial charge in [0.1, 0.15) is 22.5 Å². The number of carbonyl (C=O) groups is 2. The van der Waals surface area contributed by atoms with Gasteiger partial charge in [-0.2, -0.15) is 0 Å². The Morgan fingerprint density at radius 1 is 0.948 bits per heavy atom. The molecule has 4 aromatic rings. The lowest BCUT2D eigenvalue weighted by Crippen LogP contribution is -2.33. The Balaban J connectivity index is 1.41. The van der Waals surface area contributed by atoms with E-state index in [9.17, 15) is 14.2 Å². The molecule has 0 radical (unpaired) electrons. The predicted molar refractivity (Wildman–Crippen MR) is 230 cm³/mol. The minimum absolute atomic E-state index is 0.0204. The van der Waals surface area contributed by atoms with E-state index in [0.29, 0.717) is 47.3 Å². The number of alkyl carbamates (subject to hydrolysis) is 1. The number of carbonyl (C=O) groups excluding carboxylic acids is 2. The standard InChI is InChI=1S/C42H56ClN6O7PS/c1-25(2)22-53-57(52,54-23-26(3)4)55-24-32-20-34(18-15-30(32)12-11-19-44-41(51)56-42(8,9)10)45-36(50)21-35-39-48-47-29(7)49(39)40-37(27(5)28(6)58-40)38(46-35)31-13-16-33(43)17-14-31/h13-18,20,25-26,35H,11-12,19,21-24H2,1-10H3,(H,44,51)(H,45,50)/t35-/m0/s1.